The van der Waals surface area contributed by atoms with Crippen molar-refractivity contribution in [1.29, 1.82) is 0 Å². The first-order valence-corrected chi connectivity index (χ1v) is 11.1. The summed E-state index contributed by atoms with van der Waals surface area (Å²) in [6.45, 7) is 0.855. The largest absolute Gasteiger partial charge is 0.344 e. The fraction of sp³-hybridized carbons (Fsp3) is 0.273. The van der Waals surface area contributed by atoms with Crippen molar-refractivity contribution in [2.45, 2.75) is 25.2 Å². The second-order valence-corrected chi connectivity index (χ2v) is 9.25. The fourth-order valence-electron chi connectivity index (χ4n) is 4.15. The smallest absolute Gasteiger partial charge is 0.139 e. The van der Waals surface area contributed by atoms with Gasteiger partial charge in [-0.1, -0.05) is 11.6 Å². The first-order chi connectivity index (χ1) is 13.7. The topological polar surface area (TPSA) is 29.0 Å². The van der Waals surface area contributed by atoms with Crippen LogP contribution in [0, 0.1) is 5.92 Å². The number of rotatable bonds is 2. The van der Waals surface area contributed by atoms with Crippen LogP contribution in [0.1, 0.15) is 30.2 Å². The standard InChI is InChI=1S/C22H19BrFN3S/c23-17-4-8-20(25-10-17)21-13-28-22(26-21)15-1-2-16-11-27-12-18(24)5-7-19(27)6-3-14(16)9-15/h3-8,10,12-13,15-16H,1-2,9,11H2/t15-,16-/m1/s1. The van der Waals surface area contributed by atoms with Crippen molar-refractivity contribution in [2.75, 3.05) is 6.54 Å². The van der Waals surface area contributed by atoms with E-state index < -0.39 is 0 Å². The van der Waals surface area contributed by atoms with E-state index in [0.717, 1.165) is 47.4 Å². The van der Waals surface area contributed by atoms with E-state index in [9.17, 15) is 4.39 Å². The van der Waals surface area contributed by atoms with Gasteiger partial charge in [0, 0.05) is 40.4 Å². The molecule has 4 heterocycles. The van der Waals surface area contributed by atoms with E-state index in [4.69, 9.17) is 4.98 Å². The lowest BCUT2D eigenvalue weighted by atomic mass is 9.78. The zero-order valence-corrected chi connectivity index (χ0v) is 17.6. The zero-order chi connectivity index (χ0) is 19.1. The Labute approximate surface area is 176 Å². The SMILES string of the molecule is FC1=CN2C[C@H]3CC[C@@H](c4nc(-c5ccc(Br)cn5)cs4)CC3=CC=C2C=C1. The molecule has 2 aromatic rings. The Balaban J connectivity index is 1.35. The van der Waals surface area contributed by atoms with Gasteiger partial charge in [-0.15, -0.1) is 11.3 Å². The molecule has 0 radical (unpaired) electrons. The average Bonchev–Trinajstić information content (AvgIpc) is 3.12. The second-order valence-electron chi connectivity index (χ2n) is 7.44. The molecule has 28 heavy (non-hydrogen) atoms. The number of halogens is 2. The van der Waals surface area contributed by atoms with E-state index in [1.165, 1.54) is 16.7 Å². The van der Waals surface area contributed by atoms with Crippen molar-refractivity contribution < 1.29 is 4.39 Å². The molecule has 6 heteroatoms. The van der Waals surface area contributed by atoms with Gasteiger partial charge in [-0.05, 0) is 71.5 Å². The molecule has 0 unspecified atom stereocenters. The van der Waals surface area contributed by atoms with Crippen LogP contribution in [-0.2, 0) is 0 Å². The maximum absolute atomic E-state index is 13.6. The van der Waals surface area contributed by atoms with Crippen molar-refractivity contribution in [2.24, 2.45) is 5.92 Å². The number of nitrogens with zero attached hydrogens (tertiary/aromatic N) is 3. The molecule has 2 aromatic heterocycles. The maximum atomic E-state index is 13.6. The number of fused-ring (bicyclic) bond motifs is 2. The molecule has 1 saturated carbocycles. The highest BCUT2D eigenvalue weighted by molar-refractivity contribution is 9.10. The van der Waals surface area contributed by atoms with Gasteiger partial charge in [0.1, 0.15) is 5.83 Å². The Bertz CT molecular complexity index is 1020. The van der Waals surface area contributed by atoms with Crippen LogP contribution in [0.5, 0.6) is 0 Å². The van der Waals surface area contributed by atoms with Crippen molar-refractivity contribution in [3.8, 4) is 11.4 Å². The molecule has 0 spiro atoms. The summed E-state index contributed by atoms with van der Waals surface area (Å²) >= 11 is 5.16. The zero-order valence-electron chi connectivity index (χ0n) is 15.2. The lowest BCUT2D eigenvalue weighted by molar-refractivity contribution is 0.331. The highest BCUT2D eigenvalue weighted by Crippen LogP contribution is 2.43. The highest BCUT2D eigenvalue weighted by Gasteiger charge is 2.31. The minimum Gasteiger partial charge on any atom is -0.344 e. The summed E-state index contributed by atoms with van der Waals surface area (Å²) in [5, 5.41) is 3.30. The van der Waals surface area contributed by atoms with Crippen molar-refractivity contribution in [3.05, 3.63) is 80.8 Å². The van der Waals surface area contributed by atoms with E-state index in [1.807, 2.05) is 29.3 Å². The minimum absolute atomic E-state index is 0.175. The molecule has 0 amide bonds. The number of pyridine rings is 1. The Morgan fingerprint density at radius 2 is 2.00 bits per heavy atom. The Kier molecular flexibility index (Phi) is 4.77. The third kappa shape index (κ3) is 3.51. The van der Waals surface area contributed by atoms with E-state index in [1.54, 1.807) is 17.5 Å². The molecule has 0 aromatic carbocycles. The van der Waals surface area contributed by atoms with Crippen molar-refractivity contribution in [1.82, 2.24) is 14.9 Å². The van der Waals surface area contributed by atoms with Gasteiger partial charge in [0.2, 0.25) is 0 Å². The summed E-state index contributed by atoms with van der Waals surface area (Å²) in [4.78, 5) is 11.4. The molecular formula is C22H19BrFN3S. The van der Waals surface area contributed by atoms with Gasteiger partial charge in [0.05, 0.1) is 16.4 Å². The number of allylic oxidation sites excluding steroid dienone is 5. The lowest BCUT2D eigenvalue weighted by Crippen LogP contribution is -2.28. The molecule has 0 saturated heterocycles. The number of thiazole rings is 1. The van der Waals surface area contributed by atoms with Gasteiger partial charge in [-0.3, -0.25) is 4.98 Å². The molecule has 1 aliphatic carbocycles. The van der Waals surface area contributed by atoms with Crippen LogP contribution < -0.4 is 0 Å². The number of hydrogen-bond donors (Lipinski definition) is 0. The molecular weight excluding hydrogens is 437 g/mol. The van der Waals surface area contributed by atoms with Gasteiger partial charge < -0.3 is 4.90 Å². The van der Waals surface area contributed by atoms with Gasteiger partial charge in [0.25, 0.3) is 0 Å². The summed E-state index contributed by atoms with van der Waals surface area (Å²) in [5.41, 5.74) is 4.39. The molecule has 0 bridgehead atoms. The van der Waals surface area contributed by atoms with Crippen LogP contribution in [0.3, 0.4) is 0 Å². The molecule has 0 N–H and O–H groups in total. The van der Waals surface area contributed by atoms with Crippen LogP contribution in [-0.4, -0.2) is 21.4 Å². The monoisotopic (exact) mass is 455 g/mol. The Morgan fingerprint density at radius 3 is 2.86 bits per heavy atom. The molecule has 3 nitrogen and oxygen atoms in total. The summed E-state index contributed by atoms with van der Waals surface area (Å²) in [6.07, 6.45) is 14.4. The van der Waals surface area contributed by atoms with E-state index in [0.29, 0.717) is 11.8 Å². The molecule has 2 atom stereocenters. The van der Waals surface area contributed by atoms with Crippen LogP contribution >= 0.6 is 27.3 Å². The van der Waals surface area contributed by atoms with Crippen LogP contribution in [0.25, 0.3) is 11.4 Å². The van der Waals surface area contributed by atoms with E-state index >= 15 is 0 Å². The fourth-order valence-corrected chi connectivity index (χ4v) is 5.34. The molecule has 2 aliphatic heterocycles. The second kappa shape index (κ2) is 7.41. The Morgan fingerprint density at radius 1 is 1.11 bits per heavy atom. The third-order valence-electron chi connectivity index (χ3n) is 5.64. The molecule has 5 rings (SSSR count). The normalized spacial score (nSPS) is 23.9. The highest BCUT2D eigenvalue weighted by atomic mass is 79.9. The first kappa shape index (κ1) is 18.0. The average molecular weight is 456 g/mol. The van der Waals surface area contributed by atoms with Crippen LogP contribution in [0.2, 0.25) is 0 Å². The number of aromatic nitrogens is 2. The van der Waals surface area contributed by atoms with Crippen LogP contribution in [0.4, 0.5) is 4.39 Å². The maximum Gasteiger partial charge on any atom is 0.139 e. The third-order valence-corrected chi connectivity index (χ3v) is 7.12. The summed E-state index contributed by atoms with van der Waals surface area (Å²) < 4.78 is 14.6. The van der Waals surface area contributed by atoms with Gasteiger partial charge in [0.15, 0.2) is 0 Å². The lowest BCUT2D eigenvalue weighted by Gasteiger charge is -2.33. The predicted molar refractivity (Wildman–Crippen MR) is 114 cm³/mol. The van der Waals surface area contributed by atoms with E-state index in [-0.39, 0.29) is 5.83 Å². The van der Waals surface area contributed by atoms with Crippen molar-refractivity contribution in [3.63, 3.8) is 0 Å². The van der Waals surface area contributed by atoms with Gasteiger partial charge in [-0.25, -0.2) is 9.37 Å². The molecule has 3 aliphatic rings. The van der Waals surface area contributed by atoms with Crippen molar-refractivity contribution >= 4 is 27.3 Å². The quantitative estimate of drug-likeness (QED) is 0.527. The first-order valence-electron chi connectivity index (χ1n) is 9.46. The van der Waals surface area contributed by atoms with Crippen LogP contribution in [0.15, 0.2) is 75.8 Å². The molecule has 1 fully saturated rings. The number of hydrogen-bond acceptors (Lipinski definition) is 4. The minimum atomic E-state index is -0.175. The predicted octanol–water partition coefficient (Wildman–Crippen LogP) is 6.36. The van der Waals surface area contributed by atoms with Gasteiger partial charge >= 0.3 is 0 Å². The molecule has 142 valence electrons. The van der Waals surface area contributed by atoms with E-state index in [2.05, 4.69) is 38.4 Å². The summed E-state index contributed by atoms with van der Waals surface area (Å²) in [5.74, 6) is 0.757. The van der Waals surface area contributed by atoms with Gasteiger partial charge in [-0.2, -0.15) is 0 Å². The summed E-state index contributed by atoms with van der Waals surface area (Å²) in [6, 6.07) is 3.99. The Hall–Kier alpha value is -2.05. The summed E-state index contributed by atoms with van der Waals surface area (Å²) in [7, 11) is 0.